The fourth-order valence-electron chi connectivity index (χ4n) is 4.42. The minimum Gasteiger partial charge on any atom is -0.304 e. The standard InChI is InChI=1S/C24H34N2O2S/c1-3-25(4-2)17-11-18-26(23-16-19-29(27,28)20-23)24(21-12-7-5-8-13-21)22-14-9-6-10-15-22/h5-10,12-15,23-24H,3-4,11,16-20H2,1-2H3/t23-/m0/s1. The summed E-state index contributed by atoms with van der Waals surface area (Å²) in [6, 6.07) is 21.2. The van der Waals surface area contributed by atoms with Crippen LogP contribution >= 0.6 is 0 Å². The van der Waals surface area contributed by atoms with Crippen molar-refractivity contribution in [1.29, 1.82) is 0 Å². The highest BCUT2D eigenvalue weighted by Crippen LogP contribution is 2.33. The van der Waals surface area contributed by atoms with E-state index in [1.165, 1.54) is 11.1 Å². The highest BCUT2D eigenvalue weighted by Gasteiger charge is 2.36. The van der Waals surface area contributed by atoms with Gasteiger partial charge in [-0.2, -0.15) is 0 Å². The van der Waals surface area contributed by atoms with E-state index in [9.17, 15) is 8.42 Å². The van der Waals surface area contributed by atoms with Gasteiger partial charge in [-0.25, -0.2) is 8.42 Å². The number of rotatable bonds is 10. The monoisotopic (exact) mass is 414 g/mol. The smallest absolute Gasteiger partial charge is 0.151 e. The average molecular weight is 415 g/mol. The van der Waals surface area contributed by atoms with Crippen LogP contribution in [0.3, 0.4) is 0 Å². The van der Waals surface area contributed by atoms with Crippen LogP contribution < -0.4 is 0 Å². The highest BCUT2D eigenvalue weighted by molar-refractivity contribution is 7.91. The Balaban J connectivity index is 1.92. The van der Waals surface area contributed by atoms with Crippen LogP contribution in [0.25, 0.3) is 0 Å². The van der Waals surface area contributed by atoms with Gasteiger partial charge < -0.3 is 4.90 Å². The summed E-state index contributed by atoms with van der Waals surface area (Å²) in [5, 5.41) is 0. The van der Waals surface area contributed by atoms with E-state index in [4.69, 9.17) is 0 Å². The van der Waals surface area contributed by atoms with Gasteiger partial charge in [0.05, 0.1) is 17.5 Å². The lowest BCUT2D eigenvalue weighted by molar-refractivity contribution is 0.157. The average Bonchev–Trinajstić information content (AvgIpc) is 3.11. The molecular formula is C24H34N2O2S. The second-order valence-electron chi connectivity index (χ2n) is 7.90. The molecule has 2 aromatic carbocycles. The summed E-state index contributed by atoms with van der Waals surface area (Å²) in [6.45, 7) is 8.43. The first-order chi connectivity index (χ1) is 14.0. The topological polar surface area (TPSA) is 40.6 Å². The summed E-state index contributed by atoms with van der Waals surface area (Å²) in [5.74, 6) is 0.578. The Kier molecular flexibility index (Phi) is 7.87. The molecule has 1 heterocycles. The Hall–Kier alpha value is -1.69. The Labute approximate surface area is 176 Å². The van der Waals surface area contributed by atoms with Gasteiger partial charge in [-0.05, 0) is 43.6 Å². The van der Waals surface area contributed by atoms with E-state index in [0.717, 1.165) is 39.0 Å². The molecule has 1 saturated heterocycles. The number of hydrogen-bond donors (Lipinski definition) is 0. The summed E-state index contributed by atoms with van der Waals surface area (Å²) in [5.41, 5.74) is 2.46. The largest absolute Gasteiger partial charge is 0.304 e. The van der Waals surface area contributed by atoms with Crippen molar-refractivity contribution in [3.8, 4) is 0 Å². The molecule has 0 radical (unpaired) electrons. The normalized spacial score (nSPS) is 18.7. The summed E-state index contributed by atoms with van der Waals surface area (Å²) >= 11 is 0. The molecule has 2 aromatic rings. The van der Waals surface area contributed by atoms with Gasteiger partial charge in [0, 0.05) is 12.6 Å². The molecule has 0 amide bonds. The molecule has 0 spiro atoms. The lowest BCUT2D eigenvalue weighted by atomic mass is 9.95. The molecule has 0 N–H and O–H groups in total. The zero-order chi connectivity index (χ0) is 20.7. The van der Waals surface area contributed by atoms with Gasteiger partial charge in [-0.3, -0.25) is 4.90 Å². The summed E-state index contributed by atoms with van der Waals surface area (Å²) in [7, 11) is -2.94. The maximum absolute atomic E-state index is 12.3. The van der Waals surface area contributed by atoms with Gasteiger partial charge in [0.1, 0.15) is 0 Å². The molecule has 0 bridgehead atoms. The Morgan fingerprint density at radius 3 is 1.90 bits per heavy atom. The fourth-order valence-corrected chi connectivity index (χ4v) is 6.16. The minimum absolute atomic E-state index is 0.0714. The lowest BCUT2D eigenvalue weighted by Gasteiger charge is -2.37. The van der Waals surface area contributed by atoms with E-state index in [1.807, 2.05) is 12.1 Å². The van der Waals surface area contributed by atoms with Crippen LogP contribution in [0.2, 0.25) is 0 Å². The van der Waals surface area contributed by atoms with Crippen LogP contribution in [-0.2, 0) is 9.84 Å². The molecule has 1 fully saturated rings. The van der Waals surface area contributed by atoms with Gasteiger partial charge in [-0.1, -0.05) is 74.5 Å². The van der Waals surface area contributed by atoms with E-state index in [0.29, 0.717) is 5.75 Å². The molecule has 0 saturated carbocycles. The van der Waals surface area contributed by atoms with Crippen molar-refractivity contribution in [2.24, 2.45) is 0 Å². The van der Waals surface area contributed by atoms with Crippen molar-refractivity contribution in [2.45, 2.75) is 38.8 Å². The fraction of sp³-hybridized carbons (Fsp3) is 0.500. The molecule has 1 aliphatic heterocycles. The summed E-state index contributed by atoms with van der Waals surface area (Å²) < 4.78 is 24.6. The van der Waals surface area contributed by atoms with Crippen molar-refractivity contribution < 1.29 is 8.42 Å². The Morgan fingerprint density at radius 1 is 0.897 bits per heavy atom. The maximum Gasteiger partial charge on any atom is 0.151 e. The van der Waals surface area contributed by atoms with Gasteiger partial charge in [0.2, 0.25) is 0 Å². The first-order valence-electron chi connectivity index (χ1n) is 10.8. The predicted octanol–water partition coefficient (Wildman–Crippen LogP) is 4.00. The Morgan fingerprint density at radius 2 is 1.45 bits per heavy atom. The van der Waals surface area contributed by atoms with Crippen LogP contribution in [0.1, 0.15) is 43.9 Å². The zero-order valence-corrected chi connectivity index (χ0v) is 18.5. The molecule has 5 heteroatoms. The minimum atomic E-state index is -2.94. The van der Waals surface area contributed by atoms with Crippen LogP contribution in [0.5, 0.6) is 0 Å². The van der Waals surface area contributed by atoms with Crippen LogP contribution in [-0.4, -0.2) is 61.9 Å². The number of benzene rings is 2. The van der Waals surface area contributed by atoms with Gasteiger partial charge in [0.25, 0.3) is 0 Å². The maximum atomic E-state index is 12.3. The number of sulfone groups is 1. The predicted molar refractivity (Wildman–Crippen MR) is 121 cm³/mol. The molecule has 0 aromatic heterocycles. The van der Waals surface area contributed by atoms with Crippen LogP contribution in [0, 0.1) is 0 Å². The van der Waals surface area contributed by atoms with Crippen molar-refractivity contribution in [3.63, 3.8) is 0 Å². The van der Waals surface area contributed by atoms with Crippen molar-refractivity contribution in [3.05, 3.63) is 71.8 Å². The summed E-state index contributed by atoms with van der Waals surface area (Å²) in [4.78, 5) is 4.89. The van der Waals surface area contributed by atoms with Gasteiger partial charge in [0.15, 0.2) is 9.84 Å². The molecular weight excluding hydrogens is 380 g/mol. The zero-order valence-electron chi connectivity index (χ0n) is 17.7. The van der Waals surface area contributed by atoms with E-state index in [1.54, 1.807) is 0 Å². The van der Waals surface area contributed by atoms with E-state index in [-0.39, 0.29) is 17.8 Å². The molecule has 29 heavy (non-hydrogen) atoms. The molecule has 3 rings (SSSR count). The van der Waals surface area contributed by atoms with Crippen molar-refractivity contribution >= 4 is 9.84 Å². The molecule has 0 unspecified atom stereocenters. The molecule has 1 aliphatic rings. The quantitative estimate of drug-likeness (QED) is 0.589. The third kappa shape index (κ3) is 5.91. The summed E-state index contributed by atoms with van der Waals surface area (Å²) in [6.07, 6.45) is 1.76. The molecule has 4 nitrogen and oxygen atoms in total. The third-order valence-electron chi connectivity index (χ3n) is 6.02. The first kappa shape index (κ1) is 22.0. The number of nitrogens with zero attached hydrogens (tertiary/aromatic N) is 2. The van der Waals surface area contributed by atoms with Crippen LogP contribution in [0.4, 0.5) is 0 Å². The Bertz CT molecular complexity index is 796. The van der Waals surface area contributed by atoms with Crippen LogP contribution in [0.15, 0.2) is 60.7 Å². The SMILES string of the molecule is CCN(CC)CCCN(C(c1ccccc1)c1ccccc1)[C@H]1CCS(=O)(=O)C1. The van der Waals surface area contributed by atoms with Gasteiger partial charge >= 0.3 is 0 Å². The van der Waals surface area contributed by atoms with E-state index >= 15 is 0 Å². The molecule has 1 atom stereocenters. The first-order valence-corrected chi connectivity index (χ1v) is 12.6. The van der Waals surface area contributed by atoms with E-state index in [2.05, 4.69) is 72.2 Å². The highest BCUT2D eigenvalue weighted by atomic mass is 32.2. The second kappa shape index (κ2) is 10.4. The second-order valence-corrected chi connectivity index (χ2v) is 10.1. The van der Waals surface area contributed by atoms with Crippen molar-refractivity contribution in [1.82, 2.24) is 9.80 Å². The van der Waals surface area contributed by atoms with E-state index < -0.39 is 9.84 Å². The lowest BCUT2D eigenvalue weighted by Crippen LogP contribution is -2.41. The molecule has 158 valence electrons. The van der Waals surface area contributed by atoms with Crippen molar-refractivity contribution in [2.75, 3.05) is 37.7 Å². The van der Waals surface area contributed by atoms with Gasteiger partial charge in [-0.15, -0.1) is 0 Å². The number of hydrogen-bond acceptors (Lipinski definition) is 4. The molecule has 0 aliphatic carbocycles. The third-order valence-corrected chi connectivity index (χ3v) is 7.78.